The Kier molecular flexibility index (Phi) is 5.31. The number of rotatable bonds is 5. The molecule has 0 radical (unpaired) electrons. The fourth-order valence-electron chi connectivity index (χ4n) is 4.07. The summed E-state index contributed by atoms with van der Waals surface area (Å²) in [6.45, 7) is 10.2. The largest absolute Gasteiger partial charge is 0.366 e. The number of nitro groups is 1. The van der Waals surface area contributed by atoms with Gasteiger partial charge in [-0.3, -0.25) is 15.1 Å². The number of anilines is 1. The Balaban J connectivity index is 1.91. The molecular formula is C22H27N3O2. The van der Waals surface area contributed by atoms with E-state index >= 15 is 0 Å². The second-order valence-electron chi connectivity index (χ2n) is 7.92. The number of non-ortho nitro benzene ring substituents is 1. The molecule has 1 heterocycles. The minimum Gasteiger partial charge on any atom is -0.366 e. The molecule has 1 atom stereocenters. The average molecular weight is 365 g/mol. The maximum atomic E-state index is 10.9. The first-order valence-corrected chi connectivity index (χ1v) is 9.52. The molecular weight excluding hydrogens is 338 g/mol. The molecule has 1 aliphatic heterocycles. The molecule has 2 aromatic rings. The van der Waals surface area contributed by atoms with E-state index in [1.165, 1.54) is 23.4 Å². The second-order valence-corrected chi connectivity index (χ2v) is 7.92. The fraction of sp³-hybridized carbons (Fsp3) is 0.409. The van der Waals surface area contributed by atoms with Gasteiger partial charge in [0.05, 0.1) is 10.6 Å². The van der Waals surface area contributed by atoms with Crippen molar-refractivity contribution in [1.82, 2.24) is 0 Å². The van der Waals surface area contributed by atoms with E-state index < -0.39 is 4.92 Å². The predicted molar refractivity (Wildman–Crippen MR) is 112 cm³/mol. The Morgan fingerprint density at radius 1 is 1.30 bits per heavy atom. The number of aliphatic imine (C=N–C) groups is 1. The molecule has 2 aromatic carbocycles. The predicted octanol–water partition coefficient (Wildman–Crippen LogP) is 5.85. The molecule has 0 fully saturated rings. The van der Waals surface area contributed by atoms with Crippen LogP contribution in [0, 0.1) is 10.1 Å². The summed E-state index contributed by atoms with van der Waals surface area (Å²) >= 11 is 0. The van der Waals surface area contributed by atoms with Gasteiger partial charge in [-0.2, -0.15) is 0 Å². The van der Waals surface area contributed by atoms with Gasteiger partial charge in [0, 0.05) is 36.1 Å². The van der Waals surface area contributed by atoms with Crippen molar-refractivity contribution in [1.29, 1.82) is 0 Å². The number of nitro benzene ring substituents is 1. The van der Waals surface area contributed by atoms with Gasteiger partial charge in [0.2, 0.25) is 0 Å². The zero-order valence-corrected chi connectivity index (χ0v) is 16.5. The molecule has 0 spiro atoms. The molecule has 0 N–H and O–H groups in total. The van der Waals surface area contributed by atoms with E-state index in [4.69, 9.17) is 0 Å². The third-order valence-electron chi connectivity index (χ3n) is 5.26. The van der Waals surface area contributed by atoms with Gasteiger partial charge in [0.25, 0.3) is 5.69 Å². The quantitative estimate of drug-likeness (QED) is 0.379. The third kappa shape index (κ3) is 4.02. The summed E-state index contributed by atoms with van der Waals surface area (Å²) in [5, 5.41) is 10.9. The highest BCUT2D eigenvalue weighted by Gasteiger charge is 2.35. The van der Waals surface area contributed by atoms with Gasteiger partial charge in [-0.15, -0.1) is 0 Å². The first-order chi connectivity index (χ1) is 12.8. The standard InChI is InChI=1S/C22H27N3O2/c1-5-11-24-21-10-9-17(12-20(21)16(2)14-22(24,3)4)15-23-18-7-6-8-19(13-18)25(26)27/h6-10,12-13,15-16H,5,11,14H2,1-4H3. The van der Waals surface area contributed by atoms with E-state index in [0.29, 0.717) is 11.6 Å². The van der Waals surface area contributed by atoms with Gasteiger partial charge in [0.15, 0.2) is 0 Å². The summed E-state index contributed by atoms with van der Waals surface area (Å²) in [6.07, 6.45) is 4.02. The number of hydrogen-bond donors (Lipinski definition) is 0. The lowest BCUT2D eigenvalue weighted by molar-refractivity contribution is -0.384. The summed E-state index contributed by atoms with van der Waals surface area (Å²) in [5.74, 6) is 0.481. The maximum Gasteiger partial charge on any atom is 0.271 e. The van der Waals surface area contributed by atoms with Gasteiger partial charge in [-0.25, -0.2) is 0 Å². The summed E-state index contributed by atoms with van der Waals surface area (Å²) in [5.41, 5.74) is 4.48. The van der Waals surface area contributed by atoms with Crippen molar-refractivity contribution >= 4 is 23.3 Å². The Morgan fingerprint density at radius 2 is 2.07 bits per heavy atom. The van der Waals surface area contributed by atoms with Crippen LogP contribution < -0.4 is 4.90 Å². The van der Waals surface area contributed by atoms with E-state index in [-0.39, 0.29) is 11.2 Å². The van der Waals surface area contributed by atoms with Crippen molar-refractivity contribution in [2.45, 2.75) is 52.0 Å². The first-order valence-electron chi connectivity index (χ1n) is 9.52. The highest BCUT2D eigenvalue weighted by atomic mass is 16.6. The lowest BCUT2D eigenvalue weighted by atomic mass is 9.79. The minimum absolute atomic E-state index is 0.0566. The highest BCUT2D eigenvalue weighted by Crippen LogP contribution is 2.43. The van der Waals surface area contributed by atoms with Crippen LogP contribution in [0.4, 0.5) is 17.1 Å². The molecule has 5 nitrogen and oxygen atoms in total. The lowest BCUT2D eigenvalue weighted by Crippen LogP contribution is -2.48. The lowest BCUT2D eigenvalue weighted by Gasteiger charge is -2.47. The van der Waals surface area contributed by atoms with Crippen molar-refractivity contribution in [3.63, 3.8) is 0 Å². The average Bonchev–Trinajstić information content (AvgIpc) is 2.63. The molecule has 0 aromatic heterocycles. The van der Waals surface area contributed by atoms with Gasteiger partial charge in [-0.05, 0) is 61.9 Å². The zero-order valence-electron chi connectivity index (χ0n) is 16.5. The molecule has 142 valence electrons. The molecule has 0 saturated heterocycles. The Morgan fingerprint density at radius 3 is 2.78 bits per heavy atom. The highest BCUT2D eigenvalue weighted by molar-refractivity contribution is 5.84. The molecule has 1 aliphatic rings. The van der Waals surface area contributed by atoms with Crippen LogP contribution >= 0.6 is 0 Å². The summed E-state index contributed by atoms with van der Waals surface area (Å²) in [4.78, 5) is 17.5. The van der Waals surface area contributed by atoms with Crippen molar-refractivity contribution in [2.24, 2.45) is 4.99 Å². The van der Waals surface area contributed by atoms with E-state index in [1.54, 1.807) is 18.3 Å². The van der Waals surface area contributed by atoms with Crippen LogP contribution in [-0.2, 0) is 0 Å². The summed E-state index contributed by atoms with van der Waals surface area (Å²) in [6, 6.07) is 12.9. The maximum absolute atomic E-state index is 10.9. The Bertz CT molecular complexity index is 874. The van der Waals surface area contributed by atoms with E-state index in [2.05, 4.69) is 55.8 Å². The molecule has 3 rings (SSSR count). The molecule has 0 bridgehead atoms. The normalized spacial score (nSPS) is 18.5. The molecule has 0 aliphatic carbocycles. The zero-order chi connectivity index (χ0) is 19.6. The van der Waals surface area contributed by atoms with Crippen LogP contribution in [0.25, 0.3) is 0 Å². The first kappa shape index (κ1) is 19.1. The molecule has 0 saturated carbocycles. The van der Waals surface area contributed by atoms with Crippen molar-refractivity contribution in [3.8, 4) is 0 Å². The van der Waals surface area contributed by atoms with Crippen LogP contribution in [0.15, 0.2) is 47.5 Å². The summed E-state index contributed by atoms with van der Waals surface area (Å²) in [7, 11) is 0. The van der Waals surface area contributed by atoms with Crippen molar-refractivity contribution < 1.29 is 4.92 Å². The SMILES string of the molecule is CCCN1c2ccc(C=Nc3cccc([N+](=O)[O-])c3)cc2C(C)CC1(C)C. The van der Waals surface area contributed by atoms with Crippen LogP contribution in [-0.4, -0.2) is 23.2 Å². The van der Waals surface area contributed by atoms with Crippen molar-refractivity contribution in [3.05, 3.63) is 63.7 Å². The second kappa shape index (κ2) is 7.51. The monoisotopic (exact) mass is 365 g/mol. The Hall–Kier alpha value is -2.69. The van der Waals surface area contributed by atoms with Gasteiger partial charge in [-0.1, -0.05) is 26.0 Å². The van der Waals surface area contributed by atoms with E-state index in [9.17, 15) is 10.1 Å². The van der Waals surface area contributed by atoms with E-state index in [0.717, 1.165) is 24.9 Å². The van der Waals surface area contributed by atoms with Gasteiger partial charge in [0.1, 0.15) is 0 Å². The van der Waals surface area contributed by atoms with Crippen LogP contribution in [0.2, 0.25) is 0 Å². The number of nitrogens with zero attached hydrogens (tertiary/aromatic N) is 3. The number of hydrogen-bond acceptors (Lipinski definition) is 4. The molecule has 5 heteroatoms. The fourth-order valence-corrected chi connectivity index (χ4v) is 4.07. The number of benzene rings is 2. The van der Waals surface area contributed by atoms with E-state index in [1.807, 2.05) is 0 Å². The topological polar surface area (TPSA) is 58.7 Å². The van der Waals surface area contributed by atoms with Crippen molar-refractivity contribution in [2.75, 3.05) is 11.4 Å². The van der Waals surface area contributed by atoms with Crippen LogP contribution in [0.3, 0.4) is 0 Å². The van der Waals surface area contributed by atoms with Gasteiger partial charge >= 0.3 is 0 Å². The number of fused-ring (bicyclic) bond motifs is 1. The molecule has 1 unspecified atom stereocenters. The third-order valence-corrected chi connectivity index (χ3v) is 5.26. The van der Waals surface area contributed by atoms with Crippen LogP contribution in [0.5, 0.6) is 0 Å². The minimum atomic E-state index is -0.399. The smallest absolute Gasteiger partial charge is 0.271 e. The van der Waals surface area contributed by atoms with Crippen LogP contribution in [0.1, 0.15) is 57.6 Å². The molecule has 0 amide bonds. The Labute approximate surface area is 160 Å². The molecule has 27 heavy (non-hydrogen) atoms. The van der Waals surface area contributed by atoms with Gasteiger partial charge < -0.3 is 4.90 Å². The summed E-state index contributed by atoms with van der Waals surface area (Å²) < 4.78 is 0.